The first-order chi connectivity index (χ1) is 6.20. The number of alkyl halides is 1. The van der Waals surface area contributed by atoms with Crippen LogP contribution in [-0.4, -0.2) is 17.8 Å². The van der Waals surface area contributed by atoms with E-state index in [0.717, 1.165) is 12.8 Å². The minimum atomic E-state index is 0.129. The summed E-state index contributed by atoms with van der Waals surface area (Å²) in [6.45, 7) is 4.20. The predicted octanol–water partition coefficient (Wildman–Crippen LogP) is 2.70. The molecule has 0 saturated heterocycles. The van der Waals surface area contributed by atoms with E-state index in [0.29, 0.717) is 18.3 Å². The monoisotopic (exact) mass is 205 g/mol. The fraction of sp³-hybridized carbons (Fsp3) is 0.900. The molecule has 1 amide bonds. The number of nitrogens with one attached hydrogen (secondary N) is 1. The molecule has 13 heavy (non-hydrogen) atoms. The summed E-state index contributed by atoms with van der Waals surface area (Å²) in [6, 6.07) is 0.308. The number of hydrogen-bond acceptors (Lipinski definition) is 1. The zero-order valence-corrected chi connectivity index (χ0v) is 9.36. The van der Waals surface area contributed by atoms with Crippen LogP contribution in [0.3, 0.4) is 0 Å². The molecule has 0 aromatic heterocycles. The molecule has 0 spiro atoms. The van der Waals surface area contributed by atoms with E-state index in [1.54, 1.807) is 0 Å². The second kappa shape index (κ2) is 8.36. The third-order valence-corrected chi connectivity index (χ3v) is 2.20. The van der Waals surface area contributed by atoms with Crippen LogP contribution in [-0.2, 0) is 4.79 Å². The molecule has 0 saturated carbocycles. The number of unbranched alkanes of at least 4 members (excludes halogenated alkanes) is 1. The second-order valence-electron chi connectivity index (χ2n) is 3.40. The Kier molecular flexibility index (Phi) is 8.21. The van der Waals surface area contributed by atoms with Crippen LogP contribution in [0.2, 0.25) is 0 Å². The van der Waals surface area contributed by atoms with Crippen LogP contribution in [0.25, 0.3) is 0 Å². The standard InChI is InChI=1S/C10H20ClNO/c1-3-4-6-9(2)12-10(13)7-5-8-11/h9H,3-8H2,1-2H3,(H,12,13). The summed E-state index contributed by atoms with van der Waals surface area (Å²) in [4.78, 5) is 11.2. The molecule has 0 aromatic rings. The Morgan fingerprint density at radius 1 is 1.46 bits per heavy atom. The third-order valence-electron chi connectivity index (χ3n) is 1.94. The van der Waals surface area contributed by atoms with Gasteiger partial charge in [-0.05, 0) is 19.8 Å². The average molecular weight is 206 g/mol. The van der Waals surface area contributed by atoms with E-state index < -0.39 is 0 Å². The summed E-state index contributed by atoms with van der Waals surface area (Å²) in [7, 11) is 0. The highest BCUT2D eigenvalue weighted by atomic mass is 35.5. The molecule has 0 aliphatic heterocycles. The van der Waals surface area contributed by atoms with Gasteiger partial charge in [-0.1, -0.05) is 19.8 Å². The Bertz CT molecular complexity index is 139. The molecule has 3 heteroatoms. The maximum Gasteiger partial charge on any atom is 0.220 e. The lowest BCUT2D eigenvalue weighted by Gasteiger charge is -2.12. The molecule has 1 unspecified atom stereocenters. The van der Waals surface area contributed by atoms with E-state index in [-0.39, 0.29) is 5.91 Å². The van der Waals surface area contributed by atoms with Gasteiger partial charge in [-0.25, -0.2) is 0 Å². The molecule has 78 valence electrons. The molecule has 0 heterocycles. The van der Waals surface area contributed by atoms with Gasteiger partial charge in [-0.3, -0.25) is 4.79 Å². The van der Waals surface area contributed by atoms with E-state index >= 15 is 0 Å². The maximum absolute atomic E-state index is 11.2. The van der Waals surface area contributed by atoms with Gasteiger partial charge in [-0.15, -0.1) is 11.6 Å². The van der Waals surface area contributed by atoms with Gasteiger partial charge in [0.15, 0.2) is 0 Å². The number of amides is 1. The Hall–Kier alpha value is -0.240. The van der Waals surface area contributed by atoms with Crippen molar-refractivity contribution in [3.8, 4) is 0 Å². The van der Waals surface area contributed by atoms with Crippen LogP contribution in [0.15, 0.2) is 0 Å². The van der Waals surface area contributed by atoms with E-state index in [1.807, 2.05) is 6.92 Å². The van der Waals surface area contributed by atoms with Crippen LogP contribution in [0, 0.1) is 0 Å². The molecule has 1 atom stereocenters. The minimum absolute atomic E-state index is 0.129. The molecule has 0 rings (SSSR count). The average Bonchev–Trinajstić information content (AvgIpc) is 2.11. The van der Waals surface area contributed by atoms with Crippen molar-refractivity contribution >= 4 is 17.5 Å². The summed E-state index contributed by atoms with van der Waals surface area (Å²) in [6.07, 6.45) is 4.76. The highest BCUT2D eigenvalue weighted by Crippen LogP contribution is 2.00. The van der Waals surface area contributed by atoms with Crippen molar-refractivity contribution in [2.75, 3.05) is 5.88 Å². The summed E-state index contributed by atoms with van der Waals surface area (Å²) in [5.74, 6) is 0.695. The van der Waals surface area contributed by atoms with Crippen molar-refractivity contribution in [1.82, 2.24) is 5.32 Å². The van der Waals surface area contributed by atoms with E-state index in [2.05, 4.69) is 12.2 Å². The number of rotatable bonds is 7. The van der Waals surface area contributed by atoms with E-state index in [9.17, 15) is 4.79 Å². The molecular weight excluding hydrogens is 186 g/mol. The lowest BCUT2D eigenvalue weighted by Crippen LogP contribution is -2.32. The normalized spacial score (nSPS) is 12.5. The van der Waals surface area contributed by atoms with Gasteiger partial charge < -0.3 is 5.32 Å². The number of carbonyl (C=O) groups excluding carboxylic acids is 1. The van der Waals surface area contributed by atoms with Gasteiger partial charge in [-0.2, -0.15) is 0 Å². The lowest BCUT2D eigenvalue weighted by atomic mass is 10.1. The van der Waals surface area contributed by atoms with Crippen molar-refractivity contribution in [1.29, 1.82) is 0 Å². The Labute approximate surface area is 86.0 Å². The summed E-state index contributed by atoms with van der Waals surface area (Å²) >= 11 is 5.49. The second-order valence-corrected chi connectivity index (χ2v) is 3.78. The Balaban J connectivity index is 3.41. The summed E-state index contributed by atoms with van der Waals surface area (Å²) < 4.78 is 0. The van der Waals surface area contributed by atoms with Gasteiger partial charge in [0.1, 0.15) is 0 Å². The SMILES string of the molecule is CCCCC(C)NC(=O)CCCCl. The smallest absolute Gasteiger partial charge is 0.220 e. The first-order valence-corrected chi connectivity index (χ1v) is 5.59. The molecule has 0 bridgehead atoms. The van der Waals surface area contributed by atoms with Crippen LogP contribution in [0.1, 0.15) is 46.0 Å². The Morgan fingerprint density at radius 3 is 2.69 bits per heavy atom. The summed E-state index contributed by atoms with van der Waals surface area (Å²) in [5, 5.41) is 2.95. The van der Waals surface area contributed by atoms with E-state index in [1.165, 1.54) is 12.8 Å². The highest BCUT2D eigenvalue weighted by molar-refractivity contribution is 6.17. The van der Waals surface area contributed by atoms with Gasteiger partial charge >= 0.3 is 0 Å². The number of halogens is 1. The zero-order valence-electron chi connectivity index (χ0n) is 8.61. The molecule has 0 aromatic carbocycles. The fourth-order valence-corrected chi connectivity index (χ4v) is 1.29. The van der Waals surface area contributed by atoms with Gasteiger partial charge in [0.2, 0.25) is 5.91 Å². The van der Waals surface area contributed by atoms with Crippen molar-refractivity contribution in [3.63, 3.8) is 0 Å². The van der Waals surface area contributed by atoms with Gasteiger partial charge in [0.25, 0.3) is 0 Å². The van der Waals surface area contributed by atoms with Crippen LogP contribution < -0.4 is 5.32 Å². The largest absolute Gasteiger partial charge is 0.354 e. The molecule has 0 aliphatic rings. The molecule has 0 radical (unpaired) electrons. The lowest BCUT2D eigenvalue weighted by molar-refractivity contribution is -0.121. The quantitative estimate of drug-likeness (QED) is 0.637. The molecule has 1 N–H and O–H groups in total. The van der Waals surface area contributed by atoms with Gasteiger partial charge in [0.05, 0.1) is 0 Å². The van der Waals surface area contributed by atoms with Gasteiger partial charge in [0, 0.05) is 18.3 Å². The van der Waals surface area contributed by atoms with Crippen molar-refractivity contribution in [3.05, 3.63) is 0 Å². The topological polar surface area (TPSA) is 29.1 Å². The van der Waals surface area contributed by atoms with Crippen molar-refractivity contribution < 1.29 is 4.79 Å². The maximum atomic E-state index is 11.2. The van der Waals surface area contributed by atoms with Crippen LogP contribution in [0.4, 0.5) is 0 Å². The Morgan fingerprint density at radius 2 is 2.15 bits per heavy atom. The zero-order chi connectivity index (χ0) is 10.1. The van der Waals surface area contributed by atoms with Crippen LogP contribution in [0.5, 0.6) is 0 Å². The molecule has 2 nitrogen and oxygen atoms in total. The number of hydrogen-bond donors (Lipinski definition) is 1. The predicted molar refractivity (Wildman–Crippen MR) is 57.1 cm³/mol. The molecular formula is C10H20ClNO. The summed E-state index contributed by atoms with van der Waals surface area (Å²) in [5.41, 5.74) is 0. The number of carbonyl (C=O) groups is 1. The first kappa shape index (κ1) is 12.8. The first-order valence-electron chi connectivity index (χ1n) is 5.06. The fourth-order valence-electron chi connectivity index (χ4n) is 1.16. The van der Waals surface area contributed by atoms with Crippen molar-refractivity contribution in [2.24, 2.45) is 0 Å². The molecule has 0 fully saturated rings. The molecule has 0 aliphatic carbocycles. The van der Waals surface area contributed by atoms with Crippen molar-refractivity contribution in [2.45, 2.75) is 52.0 Å². The highest BCUT2D eigenvalue weighted by Gasteiger charge is 2.05. The minimum Gasteiger partial charge on any atom is -0.354 e. The van der Waals surface area contributed by atoms with Crippen LogP contribution >= 0.6 is 11.6 Å². The third kappa shape index (κ3) is 8.10. The van der Waals surface area contributed by atoms with E-state index in [4.69, 9.17) is 11.6 Å².